The Bertz CT molecular complexity index is 856. The first kappa shape index (κ1) is 15.9. The Balaban J connectivity index is 1.66. The van der Waals surface area contributed by atoms with Crippen LogP contribution >= 0.6 is 23.4 Å². The van der Waals surface area contributed by atoms with E-state index in [1.165, 1.54) is 11.8 Å². The lowest BCUT2D eigenvalue weighted by molar-refractivity contribution is -0.113. The molecule has 0 spiro atoms. The molecule has 1 aromatic heterocycles. The summed E-state index contributed by atoms with van der Waals surface area (Å²) >= 11 is 7.18. The number of nitrogens with one attached hydrogen (secondary N) is 1. The van der Waals surface area contributed by atoms with E-state index in [9.17, 15) is 4.79 Å². The van der Waals surface area contributed by atoms with Gasteiger partial charge in [-0.05, 0) is 43.2 Å². The number of hydrogen-bond donors (Lipinski definition) is 1. The van der Waals surface area contributed by atoms with Crippen LogP contribution in [0.15, 0.2) is 46.0 Å². The molecule has 1 amide bonds. The number of benzene rings is 2. The maximum absolute atomic E-state index is 12.1. The number of amides is 1. The van der Waals surface area contributed by atoms with E-state index in [0.717, 1.165) is 16.8 Å². The van der Waals surface area contributed by atoms with Gasteiger partial charge in [-0.3, -0.25) is 4.79 Å². The monoisotopic (exact) mass is 346 g/mol. The summed E-state index contributed by atoms with van der Waals surface area (Å²) in [6.45, 7) is 3.95. The summed E-state index contributed by atoms with van der Waals surface area (Å²) in [5.74, 6) is 0.140. The van der Waals surface area contributed by atoms with Gasteiger partial charge in [-0.1, -0.05) is 41.6 Å². The second-order valence-corrected chi connectivity index (χ2v) is 6.56. The number of hydrogen-bond acceptors (Lipinski definition) is 4. The van der Waals surface area contributed by atoms with Crippen molar-refractivity contribution >= 4 is 46.1 Å². The molecule has 1 heterocycles. The highest BCUT2D eigenvalue weighted by Gasteiger charge is 2.11. The molecular weight excluding hydrogens is 332 g/mol. The zero-order valence-corrected chi connectivity index (χ0v) is 14.3. The van der Waals surface area contributed by atoms with Crippen LogP contribution in [0.5, 0.6) is 0 Å². The molecule has 0 aliphatic rings. The highest BCUT2D eigenvalue weighted by molar-refractivity contribution is 7.99. The third kappa shape index (κ3) is 3.68. The van der Waals surface area contributed by atoms with Crippen molar-refractivity contribution in [2.45, 2.75) is 19.1 Å². The number of thioether (sulfide) groups is 1. The van der Waals surface area contributed by atoms with Crippen molar-refractivity contribution in [3.8, 4) is 0 Å². The van der Waals surface area contributed by atoms with Crippen LogP contribution in [0.3, 0.4) is 0 Å². The highest BCUT2D eigenvalue weighted by atomic mass is 35.5. The smallest absolute Gasteiger partial charge is 0.257 e. The normalized spacial score (nSPS) is 10.9. The van der Waals surface area contributed by atoms with E-state index in [0.29, 0.717) is 21.3 Å². The summed E-state index contributed by atoms with van der Waals surface area (Å²) in [6, 6.07) is 11.2. The molecule has 23 heavy (non-hydrogen) atoms. The summed E-state index contributed by atoms with van der Waals surface area (Å²) in [6.07, 6.45) is 0. The molecule has 0 aliphatic carbocycles. The first-order chi connectivity index (χ1) is 11.0. The number of aromatic nitrogens is 1. The number of carbonyl (C=O) groups excluding carboxylic acids is 1. The van der Waals surface area contributed by atoms with Crippen LogP contribution in [0.25, 0.3) is 11.1 Å². The summed E-state index contributed by atoms with van der Waals surface area (Å²) < 4.78 is 5.58. The number of para-hydroxylation sites is 1. The SMILES string of the molecule is Cc1cccc(C)c1NC(=O)CSc1nc2cc(Cl)ccc2o1. The van der Waals surface area contributed by atoms with Crippen molar-refractivity contribution in [1.29, 1.82) is 0 Å². The van der Waals surface area contributed by atoms with E-state index >= 15 is 0 Å². The van der Waals surface area contributed by atoms with E-state index in [2.05, 4.69) is 10.3 Å². The Morgan fingerprint density at radius 2 is 2.00 bits per heavy atom. The van der Waals surface area contributed by atoms with Gasteiger partial charge in [0.1, 0.15) is 5.52 Å². The van der Waals surface area contributed by atoms with Gasteiger partial charge in [0, 0.05) is 10.7 Å². The molecule has 4 nitrogen and oxygen atoms in total. The van der Waals surface area contributed by atoms with Crippen molar-refractivity contribution in [1.82, 2.24) is 4.98 Å². The predicted molar refractivity (Wildman–Crippen MR) is 94.3 cm³/mol. The molecule has 3 rings (SSSR count). The Morgan fingerprint density at radius 3 is 2.74 bits per heavy atom. The van der Waals surface area contributed by atoms with Crippen LogP contribution in [0.4, 0.5) is 5.69 Å². The van der Waals surface area contributed by atoms with Crippen LogP contribution in [0.2, 0.25) is 5.02 Å². The molecule has 0 fully saturated rings. The Hall–Kier alpha value is -1.98. The van der Waals surface area contributed by atoms with Crippen molar-refractivity contribution in [3.05, 3.63) is 52.5 Å². The maximum Gasteiger partial charge on any atom is 0.257 e. The molecule has 2 aromatic carbocycles. The number of oxazole rings is 1. The predicted octanol–water partition coefficient (Wildman–Crippen LogP) is 4.83. The Morgan fingerprint density at radius 1 is 1.26 bits per heavy atom. The number of carbonyl (C=O) groups is 1. The molecule has 0 bridgehead atoms. The zero-order chi connectivity index (χ0) is 16.4. The van der Waals surface area contributed by atoms with Crippen LogP contribution in [-0.4, -0.2) is 16.6 Å². The standard InChI is InChI=1S/C17H15ClN2O2S/c1-10-4-3-5-11(2)16(10)20-15(21)9-23-17-19-13-8-12(18)6-7-14(13)22-17/h3-8H,9H2,1-2H3,(H,20,21). The first-order valence-corrected chi connectivity index (χ1v) is 8.44. The minimum atomic E-state index is -0.0901. The molecule has 0 saturated heterocycles. The van der Waals surface area contributed by atoms with Crippen LogP contribution in [0.1, 0.15) is 11.1 Å². The van der Waals surface area contributed by atoms with Crippen LogP contribution in [0, 0.1) is 13.8 Å². The van der Waals surface area contributed by atoms with Crippen molar-refractivity contribution in [2.75, 3.05) is 11.1 Å². The molecule has 118 valence electrons. The van der Waals surface area contributed by atoms with E-state index < -0.39 is 0 Å². The van der Waals surface area contributed by atoms with E-state index in [1.54, 1.807) is 18.2 Å². The van der Waals surface area contributed by atoms with Crippen LogP contribution < -0.4 is 5.32 Å². The van der Waals surface area contributed by atoms with Gasteiger partial charge < -0.3 is 9.73 Å². The lowest BCUT2D eigenvalue weighted by atomic mass is 10.1. The number of anilines is 1. The number of fused-ring (bicyclic) bond motifs is 1. The first-order valence-electron chi connectivity index (χ1n) is 7.08. The summed E-state index contributed by atoms with van der Waals surface area (Å²) in [5.41, 5.74) is 4.30. The molecule has 0 radical (unpaired) electrons. The summed E-state index contributed by atoms with van der Waals surface area (Å²) in [7, 11) is 0. The minimum absolute atomic E-state index is 0.0901. The Kier molecular flexibility index (Phi) is 4.59. The fourth-order valence-corrected chi connectivity index (χ4v) is 3.06. The Labute approximate surface area is 143 Å². The molecule has 0 saturated carbocycles. The molecule has 6 heteroatoms. The van der Waals surface area contributed by atoms with Gasteiger partial charge in [-0.25, -0.2) is 4.98 Å². The van der Waals surface area contributed by atoms with Gasteiger partial charge >= 0.3 is 0 Å². The second-order valence-electron chi connectivity index (χ2n) is 5.20. The fraction of sp³-hybridized carbons (Fsp3) is 0.176. The van der Waals surface area contributed by atoms with Gasteiger partial charge in [0.2, 0.25) is 5.91 Å². The molecule has 0 atom stereocenters. The minimum Gasteiger partial charge on any atom is -0.431 e. The van der Waals surface area contributed by atoms with E-state index in [4.69, 9.17) is 16.0 Å². The van der Waals surface area contributed by atoms with Crippen molar-refractivity contribution < 1.29 is 9.21 Å². The van der Waals surface area contributed by atoms with Gasteiger partial charge in [0.25, 0.3) is 5.22 Å². The van der Waals surface area contributed by atoms with Gasteiger partial charge in [0.15, 0.2) is 5.58 Å². The largest absolute Gasteiger partial charge is 0.431 e. The topological polar surface area (TPSA) is 55.1 Å². The number of rotatable bonds is 4. The van der Waals surface area contributed by atoms with E-state index in [-0.39, 0.29) is 11.7 Å². The average Bonchev–Trinajstić information content (AvgIpc) is 2.91. The maximum atomic E-state index is 12.1. The quantitative estimate of drug-likeness (QED) is 0.687. The summed E-state index contributed by atoms with van der Waals surface area (Å²) in [4.78, 5) is 16.5. The van der Waals surface area contributed by atoms with Crippen molar-refractivity contribution in [3.63, 3.8) is 0 Å². The molecule has 0 unspecified atom stereocenters. The highest BCUT2D eigenvalue weighted by Crippen LogP contribution is 2.26. The van der Waals surface area contributed by atoms with Gasteiger partial charge in [-0.2, -0.15) is 0 Å². The number of aryl methyl sites for hydroxylation is 2. The van der Waals surface area contributed by atoms with Gasteiger partial charge in [-0.15, -0.1) is 0 Å². The lowest BCUT2D eigenvalue weighted by Crippen LogP contribution is -2.15. The molecule has 3 aromatic rings. The molecule has 1 N–H and O–H groups in total. The van der Waals surface area contributed by atoms with Crippen LogP contribution in [-0.2, 0) is 4.79 Å². The lowest BCUT2D eigenvalue weighted by Gasteiger charge is -2.10. The molecular formula is C17H15ClN2O2S. The van der Waals surface area contributed by atoms with Gasteiger partial charge in [0.05, 0.1) is 5.75 Å². The number of nitrogens with zero attached hydrogens (tertiary/aromatic N) is 1. The third-order valence-electron chi connectivity index (χ3n) is 3.40. The number of halogens is 1. The second kappa shape index (κ2) is 6.64. The summed E-state index contributed by atoms with van der Waals surface area (Å²) in [5, 5.41) is 4.01. The third-order valence-corrected chi connectivity index (χ3v) is 4.47. The fourth-order valence-electron chi connectivity index (χ4n) is 2.26. The van der Waals surface area contributed by atoms with Crippen molar-refractivity contribution in [2.24, 2.45) is 0 Å². The average molecular weight is 347 g/mol. The van der Waals surface area contributed by atoms with E-state index in [1.807, 2.05) is 32.0 Å². The molecule has 0 aliphatic heterocycles. The zero-order valence-electron chi connectivity index (χ0n) is 12.7.